The number of anilines is 1. The Hall–Kier alpha value is -2.81. The smallest absolute Gasteiger partial charge is 0.280 e. The molecule has 190 valence electrons. The molecule has 1 atom stereocenters. The van der Waals surface area contributed by atoms with Crippen molar-refractivity contribution in [2.75, 3.05) is 18.6 Å². The molecule has 4 rings (SSSR count). The number of benzene rings is 2. The maximum absolute atomic E-state index is 14.0. The fourth-order valence-electron chi connectivity index (χ4n) is 4.31. The topological polar surface area (TPSA) is 80.8 Å². The first kappa shape index (κ1) is 26.3. The van der Waals surface area contributed by atoms with Gasteiger partial charge in [-0.2, -0.15) is 4.37 Å². The van der Waals surface area contributed by atoms with Gasteiger partial charge in [0.2, 0.25) is 5.91 Å². The Morgan fingerprint density at radius 2 is 1.72 bits per heavy atom. The Morgan fingerprint density at radius 3 is 2.28 bits per heavy atom. The minimum Gasteiger partial charge on any atom is -0.497 e. The van der Waals surface area contributed by atoms with Crippen molar-refractivity contribution >= 4 is 52.2 Å². The highest BCUT2D eigenvalue weighted by Crippen LogP contribution is 2.36. The van der Waals surface area contributed by atoms with E-state index in [4.69, 9.17) is 32.7 Å². The van der Waals surface area contributed by atoms with Crippen LogP contribution in [0.1, 0.15) is 54.7 Å². The van der Waals surface area contributed by atoms with E-state index in [1.54, 1.807) is 55.6 Å². The molecule has 1 aliphatic carbocycles. The molecular formula is C26H27Cl2N3O4S. The predicted molar refractivity (Wildman–Crippen MR) is 143 cm³/mol. The number of carbonyl (C=O) groups excluding carboxylic acids is 2. The first-order chi connectivity index (χ1) is 17.4. The molecule has 1 N–H and O–H groups in total. The third kappa shape index (κ3) is 5.77. The van der Waals surface area contributed by atoms with E-state index < -0.39 is 11.9 Å². The summed E-state index contributed by atoms with van der Waals surface area (Å²) in [5.74, 6) is 0.475. The van der Waals surface area contributed by atoms with Gasteiger partial charge in [-0.25, -0.2) is 0 Å². The first-order valence-corrected chi connectivity index (χ1v) is 13.3. The summed E-state index contributed by atoms with van der Waals surface area (Å²) < 4.78 is 15.3. The summed E-state index contributed by atoms with van der Waals surface area (Å²) in [6.45, 7) is 2.42. The SMILES string of the molecule is CCOc1ccc([C@@H](C(=O)NC2CCCC2)N(C(=O)c2nsc(Cl)c2Cl)c2ccc(OC)cc2)cc1. The van der Waals surface area contributed by atoms with Crippen molar-refractivity contribution in [2.24, 2.45) is 0 Å². The van der Waals surface area contributed by atoms with E-state index in [-0.39, 0.29) is 27.0 Å². The van der Waals surface area contributed by atoms with Crippen LogP contribution in [0.25, 0.3) is 0 Å². The zero-order valence-electron chi connectivity index (χ0n) is 20.0. The molecule has 0 saturated heterocycles. The minimum atomic E-state index is -0.987. The highest BCUT2D eigenvalue weighted by Gasteiger charge is 2.37. The second kappa shape index (κ2) is 12.0. The van der Waals surface area contributed by atoms with E-state index in [9.17, 15) is 9.59 Å². The Bertz CT molecular complexity index is 1190. The lowest BCUT2D eigenvalue weighted by molar-refractivity contribution is -0.123. The summed E-state index contributed by atoms with van der Waals surface area (Å²) in [7, 11) is 1.56. The third-order valence-electron chi connectivity index (χ3n) is 6.08. The van der Waals surface area contributed by atoms with Gasteiger partial charge in [0.1, 0.15) is 26.9 Å². The standard InChI is InChI=1S/C26H27Cl2N3O4S/c1-3-35-20-12-8-16(9-13-20)23(25(32)29-17-6-4-5-7-17)31(18-10-14-19(34-2)15-11-18)26(33)22-21(27)24(28)36-30-22/h8-15,17,23H,3-7H2,1-2H3,(H,29,32)/t23-/m0/s1. The minimum absolute atomic E-state index is 0.00733. The number of nitrogens with one attached hydrogen (secondary N) is 1. The van der Waals surface area contributed by atoms with Crippen molar-refractivity contribution in [3.05, 3.63) is 69.1 Å². The number of hydrogen-bond donors (Lipinski definition) is 1. The number of halogens is 2. The van der Waals surface area contributed by atoms with Crippen molar-refractivity contribution in [3.8, 4) is 11.5 Å². The average Bonchev–Trinajstić information content (AvgIpc) is 3.52. The Labute approximate surface area is 224 Å². The van der Waals surface area contributed by atoms with E-state index in [0.29, 0.717) is 29.4 Å². The highest BCUT2D eigenvalue weighted by atomic mass is 35.5. The normalized spacial score (nSPS) is 14.3. The first-order valence-electron chi connectivity index (χ1n) is 11.7. The van der Waals surface area contributed by atoms with Crippen LogP contribution in [0.2, 0.25) is 9.36 Å². The maximum atomic E-state index is 14.0. The van der Waals surface area contributed by atoms with Gasteiger partial charge >= 0.3 is 0 Å². The molecule has 7 nitrogen and oxygen atoms in total. The van der Waals surface area contributed by atoms with Crippen LogP contribution in [-0.4, -0.2) is 35.9 Å². The molecule has 36 heavy (non-hydrogen) atoms. The second-order valence-corrected chi connectivity index (χ2v) is 10.1. The van der Waals surface area contributed by atoms with E-state index in [1.165, 1.54) is 4.90 Å². The Kier molecular flexibility index (Phi) is 8.72. The molecular weight excluding hydrogens is 521 g/mol. The van der Waals surface area contributed by atoms with Crippen LogP contribution in [0.4, 0.5) is 5.69 Å². The fraction of sp³-hybridized carbons (Fsp3) is 0.346. The van der Waals surface area contributed by atoms with Gasteiger partial charge in [0, 0.05) is 11.7 Å². The number of ether oxygens (including phenoxy) is 2. The lowest BCUT2D eigenvalue weighted by atomic mass is 10.0. The molecule has 0 radical (unpaired) electrons. The molecule has 1 fully saturated rings. The van der Waals surface area contributed by atoms with Crippen LogP contribution in [-0.2, 0) is 4.79 Å². The van der Waals surface area contributed by atoms with Gasteiger partial charge in [-0.1, -0.05) is 48.2 Å². The zero-order chi connectivity index (χ0) is 25.7. The van der Waals surface area contributed by atoms with Crippen LogP contribution in [0.3, 0.4) is 0 Å². The molecule has 1 heterocycles. The lowest BCUT2D eigenvalue weighted by Crippen LogP contribution is -2.46. The summed E-state index contributed by atoms with van der Waals surface area (Å²) in [6, 6.07) is 13.2. The molecule has 3 aromatic rings. The van der Waals surface area contributed by atoms with Crippen LogP contribution >= 0.6 is 34.7 Å². The van der Waals surface area contributed by atoms with Crippen molar-refractivity contribution in [1.82, 2.24) is 9.69 Å². The molecule has 1 saturated carbocycles. The third-order valence-corrected chi connectivity index (χ3v) is 7.70. The summed E-state index contributed by atoms with van der Waals surface area (Å²) >= 11 is 13.4. The number of aromatic nitrogens is 1. The molecule has 2 amide bonds. The van der Waals surface area contributed by atoms with E-state index in [2.05, 4.69) is 9.69 Å². The van der Waals surface area contributed by atoms with Gasteiger partial charge in [0.15, 0.2) is 5.69 Å². The summed E-state index contributed by atoms with van der Waals surface area (Å²) in [5, 5.41) is 3.21. The van der Waals surface area contributed by atoms with Gasteiger partial charge in [-0.15, -0.1) is 0 Å². The van der Waals surface area contributed by atoms with Gasteiger partial charge in [-0.3, -0.25) is 14.5 Å². The molecule has 2 aromatic carbocycles. The molecule has 0 aliphatic heterocycles. The lowest BCUT2D eigenvalue weighted by Gasteiger charge is -2.32. The van der Waals surface area contributed by atoms with Gasteiger partial charge in [0.05, 0.1) is 13.7 Å². The zero-order valence-corrected chi connectivity index (χ0v) is 22.3. The Balaban J connectivity index is 1.82. The van der Waals surface area contributed by atoms with Crippen molar-refractivity contribution < 1.29 is 19.1 Å². The van der Waals surface area contributed by atoms with Crippen LogP contribution < -0.4 is 19.7 Å². The quantitative estimate of drug-likeness (QED) is 0.339. The Morgan fingerprint density at radius 1 is 1.08 bits per heavy atom. The van der Waals surface area contributed by atoms with Crippen molar-refractivity contribution in [2.45, 2.75) is 44.7 Å². The molecule has 0 bridgehead atoms. The number of methoxy groups -OCH3 is 1. The summed E-state index contributed by atoms with van der Waals surface area (Å²) in [4.78, 5) is 29.2. The van der Waals surface area contributed by atoms with Gasteiger partial charge in [-0.05, 0) is 73.3 Å². The van der Waals surface area contributed by atoms with Crippen molar-refractivity contribution in [3.63, 3.8) is 0 Å². The molecule has 10 heteroatoms. The highest BCUT2D eigenvalue weighted by molar-refractivity contribution is 7.11. The number of nitrogens with zero attached hydrogens (tertiary/aromatic N) is 2. The molecule has 1 aliphatic rings. The average molecular weight is 548 g/mol. The van der Waals surface area contributed by atoms with Crippen molar-refractivity contribution in [1.29, 1.82) is 0 Å². The number of hydrogen-bond acceptors (Lipinski definition) is 6. The fourth-order valence-corrected chi connectivity index (χ4v) is 5.30. The van der Waals surface area contributed by atoms with E-state index >= 15 is 0 Å². The molecule has 0 spiro atoms. The monoisotopic (exact) mass is 547 g/mol. The second-order valence-electron chi connectivity index (χ2n) is 8.39. The van der Waals surface area contributed by atoms with Crippen LogP contribution in [0.15, 0.2) is 48.5 Å². The van der Waals surface area contributed by atoms with Crippen LogP contribution in [0.5, 0.6) is 11.5 Å². The summed E-state index contributed by atoms with van der Waals surface area (Å²) in [5.41, 5.74) is 1.10. The largest absolute Gasteiger partial charge is 0.497 e. The van der Waals surface area contributed by atoms with Crippen LogP contribution in [0, 0.1) is 0 Å². The van der Waals surface area contributed by atoms with Gasteiger partial charge < -0.3 is 14.8 Å². The number of amides is 2. The molecule has 1 aromatic heterocycles. The van der Waals surface area contributed by atoms with E-state index in [1.807, 2.05) is 6.92 Å². The van der Waals surface area contributed by atoms with E-state index in [0.717, 1.165) is 37.2 Å². The maximum Gasteiger partial charge on any atom is 0.280 e. The summed E-state index contributed by atoms with van der Waals surface area (Å²) in [6.07, 6.45) is 3.94. The number of rotatable bonds is 9. The number of carbonyl (C=O) groups is 2. The molecule has 0 unspecified atom stereocenters. The predicted octanol–water partition coefficient (Wildman–Crippen LogP) is 6.30. The van der Waals surface area contributed by atoms with Gasteiger partial charge in [0.25, 0.3) is 5.91 Å².